The van der Waals surface area contributed by atoms with Gasteiger partial charge in [0.25, 0.3) is 5.56 Å². The number of hydrogen-bond acceptors (Lipinski definition) is 6. The summed E-state index contributed by atoms with van der Waals surface area (Å²) in [6.45, 7) is 8.90. The molecule has 0 atom stereocenters. The van der Waals surface area contributed by atoms with Crippen LogP contribution in [0.15, 0.2) is 60.0 Å². The van der Waals surface area contributed by atoms with Crippen LogP contribution in [0.2, 0.25) is 0 Å². The number of pyridine rings is 1. The maximum Gasteiger partial charge on any atom is 0.278 e. The fourth-order valence-electron chi connectivity index (χ4n) is 4.28. The van der Waals surface area contributed by atoms with Crippen molar-refractivity contribution < 1.29 is 4.39 Å². The van der Waals surface area contributed by atoms with E-state index in [4.69, 9.17) is 9.97 Å². The molecule has 4 aromatic rings. The zero-order valence-electron chi connectivity index (χ0n) is 19.9. The molecule has 0 unspecified atom stereocenters. The van der Waals surface area contributed by atoms with E-state index in [2.05, 4.69) is 34.3 Å². The Morgan fingerprint density at radius 3 is 2.89 bits per heavy atom. The van der Waals surface area contributed by atoms with Crippen molar-refractivity contribution in [1.29, 1.82) is 0 Å². The molecule has 0 fully saturated rings. The molecule has 180 valence electrons. The third-order valence-corrected chi connectivity index (χ3v) is 6.31. The summed E-state index contributed by atoms with van der Waals surface area (Å²) in [5.74, 6) is 0.847. The summed E-state index contributed by atoms with van der Waals surface area (Å²) < 4.78 is 16.8. The quantitative estimate of drug-likeness (QED) is 0.397. The highest BCUT2D eigenvalue weighted by atomic mass is 19.1. The minimum Gasteiger partial charge on any atom is -0.324 e. The Balaban J connectivity index is 1.61. The van der Waals surface area contributed by atoms with Crippen LogP contribution in [-0.4, -0.2) is 37.5 Å². The fourth-order valence-corrected chi connectivity index (χ4v) is 4.28. The highest BCUT2D eigenvalue weighted by Crippen LogP contribution is 2.25. The highest BCUT2D eigenvalue weighted by Gasteiger charge is 2.24. The molecular weight excluding hydrogens is 445 g/mol. The Morgan fingerprint density at radius 2 is 2.09 bits per heavy atom. The standard InChI is InChI=1S/C26H28FN7O/c1-4-12-33-24(35)20-15-29-25(30-19-9-8-18-14-28-11-10-17(18)13-19)32-23(20)34(33)22-7-5-6-21(31-22)26(2,3)16-27/h4-9,13,15,28H,1,10-12,14,16H2,2-3H3,(H,29,30,32). The topological polar surface area (TPSA) is 89.7 Å². The number of nitrogens with zero attached hydrogens (tertiary/aromatic N) is 5. The van der Waals surface area contributed by atoms with Crippen molar-refractivity contribution in [1.82, 2.24) is 29.6 Å². The lowest BCUT2D eigenvalue weighted by molar-refractivity contribution is 0.344. The normalized spacial score (nSPS) is 13.6. The SMILES string of the molecule is C=CCn1c(=O)c2cnc(Nc3ccc4c(c3)CCNC4)nc2n1-c1cccc(C(C)(C)CF)n1. The molecule has 9 heteroatoms. The van der Waals surface area contributed by atoms with E-state index in [0.717, 1.165) is 25.2 Å². The second-order valence-electron chi connectivity index (χ2n) is 9.35. The molecule has 0 radical (unpaired) electrons. The van der Waals surface area contributed by atoms with Crippen molar-refractivity contribution in [2.24, 2.45) is 0 Å². The molecule has 0 aliphatic carbocycles. The summed E-state index contributed by atoms with van der Waals surface area (Å²) in [5.41, 5.74) is 3.47. The zero-order chi connectivity index (χ0) is 24.6. The van der Waals surface area contributed by atoms with Crippen LogP contribution in [0.3, 0.4) is 0 Å². The van der Waals surface area contributed by atoms with Gasteiger partial charge in [-0.25, -0.2) is 19.3 Å². The lowest BCUT2D eigenvalue weighted by atomic mass is 9.90. The Bertz CT molecular complexity index is 1470. The largest absolute Gasteiger partial charge is 0.324 e. The van der Waals surface area contributed by atoms with Crippen LogP contribution >= 0.6 is 0 Å². The molecule has 5 rings (SSSR count). The van der Waals surface area contributed by atoms with Crippen LogP contribution in [0.5, 0.6) is 0 Å². The van der Waals surface area contributed by atoms with E-state index >= 15 is 0 Å². The molecule has 0 amide bonds. The summed E-state index contributed by atoms with van der Waals surface area (Å²) in [5, 5.41) is 7.01. The molecule has 0 saturated carbocycles. The number of nitrogens with one attached hydrogen (secondary N) is 2. The second-order valence-corrected chi connectivity index (χ2v) is 9.35. The Morgan fingerprint density at radius 1 is 1.23 bits per heavy atom. The van der Waals surface area contributed by atoms with Crippen LogP contribution < -0.4 is 16.2 Å². The summed E-state index contributed by atoms with van der Waals surface area (Å²) >= 11 is 0. The molecule has 2 N–H and O–H groups in total. The predicted octanol–water partition coefficient (Wildman–Crippen LogP) is 3.80. The van der Waals surface area contributed by atoms with Gasteiger partial charge in [0.2, 0.25) is 5.95 Å². The van der Waals surface area contributed by atoms with E-state index in [1.165, 1.54) is 22.0 Å². The minimum atomic E-state index is -0.758. The molecule has 1 aliphatic rings. The molecule has 1 aromatic carbocycles. The summed E-state index contributed by atoms with van der Waals surface area (Å²) in [6.07, 6.45) is 4.13. The van der Waals surface area contributed by atoms with Gasteiger partial charge in [-0.2, -0.15) is 4.98 Å². The maximum absolute atomic E-state index is 13.7. The smallest absolute Gasteiger partial charge is 0.278 e. The molecular formula is C26H28FN7O. The Hall–Kier alpha value is -3.85. The van der Waals surface area contributed by atoms with Crippen molar-refractivity contribution >= 4 is 22.7 Å². The maximum atomic E-state index is 13.7. The molecule has 1 aliphatic heterocycles. The second kappa shape index (κ2) is 9.07. The monoisotopic (exact) mass is 473 g/mol. The van der Waals surface area contributed by atoms with Crippen molar-refractivity contribution in [3.05, 3.63) is 82.4 Å². The van der Waals surface area contributed by atoms with E-state index in [9.17, 15) is 9.18 Å². The van der Waals surface area contributed by atoms with Crippen LogP contribution in [0.25, 0.3) is 16.9 Å². The third-order valence-electron chi connectivity index (χ3n) is 6.31. The predicted molar refractivity (Wildman–Crippen MR) is 135 cm³/mol. The molecule has 35 heavy (non-hydrogen) atoms. The number of halogens is 1. The number of aromatic nitrogens is 5. The van der Waals surface area contributed by atoms with Crippen molar-refractivity contribution in [2.75, 3.05) is 18.5 Å². The van der Waals surface area contributed by atoms with Gasteiger partial charge in [-0.1, -0.05) is 32.1 Å². The van der Waals surface area contributed by atoms with Crippen LogP contribution in [0, 0.1) is 0 Å². The van der Waals surface area contributed by atoms with Gasteiger partial charge in [0, 0.05) is 23.8 Å². The van der Waals surface area contributed by atoms with Crippen LogP contribution in [0.4, 0.5) is 16.0 Å². The number of anilines is 2. The molecule has 4 heterocycles. The van der Waals surface area contributed by atoms with E-state index < -0.39 is 12.1 Å². The first-order chi connectivity index (χ1) is 16.9. The lowest BCUT2D eigenvalue weighted by Crippen LogP contribution is -2.25. The van der Waals surface area contributed by atoms with Gasteiger partial charge < -0.3 is 10.6 Å². The van der Waals surface area contributed by atoms with Gasteiger partial charge >= 0.3 is 0 Å². The Labute approximate surface area is 202 Å². The zero-order valence-corrected chi connectivity index (χ0v) is 19.9. The average molecular weight is 474 g/mol. The van der Waals surface area contributed by atoms with Crippen LogP contribution in [0.1, 0.15) is 30.7 Å². The van der Waals surface area contributed by atoms with E-state index in [1.54, 1.807) is 36.7 Å². The molecule has 0 bridgehead atoms. The van der Waals surface area contributed by atoms with E-state index in [0.29, 0.717) is 28.5 Å². The minimum absolute atomic E-state index is 0.246. The third kappa shape index (κ3) is 4.23. The number of rotatable bonds is 7. The van der Waals surface area contributed by atoms with Gasteiger partial charge in [0.15, 0.2) is 11.5 Å². The van der Waals surface area contributed by atoms with Crippen molar-refractivity contribution in [3.8, 4) is 5.82 Å². The van der Waals surface area contributed by atoms with E-state index in [1.807, 2.05) is 12.1 Å². The summed E-state index contributed by atoms with van der Waals surface area (Å²) in [4.78, 5) is 27.0. The van der Waals surface area contributed by atoms with Crippen molar-refractivity contribution in [2.45, 2.75) is 38.8 Å². The summed E-state index contributed by atoms with van der Waals surface area (Å²) in [7, 11) is 0. The first kappa shape index (κ1) is 22.9. The first-order valence-corrected chi connectivity index (χ1v) is 11.6. The van der Waals surface area contributed by atoms with Gasteiger partial charge in [0.1, 0.15) is 12.1 Å². The molecule has 8 nitrogen and oxygen atoms in total. The first-order valence-electron chi connectivity index (χ1n) is 11.6. The van der Waals surface area contributed by atoms with Crippen molar-refractivity contribution in [3.63, 3.8) is 0 Å². The van der Waals surface area contributed by atoms with Gasteiger partial charge in [0.05, 0.1) is 12.2 Å². The van der Waals surface area contributed by atoms with E-state index in [-0.39, 0.29) is 12.1 Å². The number of hydrogen-bond donors (Lipinski definition) is 2. The number of fused-ring (bicyclic) bond motifs is 2. The van der Waals surface area contributed by atoms with Gasteiger partial charge in [-0.05, 0) is 48.4 Å². The van der Waals surface area contributed by atoms with Gasteiger partial charge in [-0.15, -0.1) is 6.58 Å². The molecule has 0 saturated heterocycles. The highest BCUT2D eigenvalue weighted by molar-refractivity contribution is 5.77. The number of alkyl halides is 1. The number of allylic oxidation sites excluding steroid dienone is 1. The lowest BCUT2D eigenvalue weighted by Gasteiger charge is -2.21. The van der Waals surface area contributed by atoms with Gasteiger partial charge in [-0.3, -0.25) is 9.18 Å². The fraction of sp³-hybridized carbons (Fsp3) is 0.308. The molecule has 0 spiro atoms. The number of benzene rings is 1. The molecule has 3 aromatic heterocycles. The Kier molecular flexibility index (Phi) is 5.94. The van der Waals surface area contributed by atoms with Crippen LogP contribution in [-0.2, 0) is 24.9 Å². The summed E-state index contributed by atoms with van der Waals surface area (Å²) in [6, 6.07) is 11.6. The average Bonchev–Trinajstić information content (AvgIpc) is 3.15.